The Hall–Kier alpha value is -0.770. The third kappa shape index (κ3) is 2.57. The number of alkyl carbamates (subject to hydrolysis) is 1. The number of rotatable bonds is 2. The number of fused-ring (bicyclic) bond motifs is 2. The first kappa shape index (κ1) is 12.7. The molecule has 2 aliphatic carbocycles. The van der Waals surface area contributed by atoms with Crippen LogP contribution in [0.15, 0.2) is 0 Å². The smallest absolute Gasteiger partial charge is 0.408 e. The zero-order valence-corrected chi connectivity index (χ0v) is 11.0. The van der Waals surface area contributed by atoms with Crippen molar-refractivity contribution in [3.8, 4) is 0 Å². The molecule has 2 bridgehead atoms. The van der Waals surface area contributed by atoms with Gasteiger partial charge in [-0.2, -0.15) is 0 Å². The number of aliphatic hydroxyl groups excluding tert-OH is 1. The lowest BCUT2D eigenvalue weighted by atomic mass is 9.81. The van der Waals surface area contributed by atoms with E-state index in [1.165, 1.54) is 6.42 Å². The molecule has 0 heterocycles. The van der Waals surface area contributed by atoms with Crippen molar-refractivity contribution < 1.29 is 14.6 Å². The van der Waals surface area contributed by atoms with E-state index in [4.69, 9.17) is 4.74 Å². The van der Waals surface area contributed by atoms with Crippen LogP contribution < -0.4 is 5.32 Å². The predicted octanol–water partition coefficient (Wildman–Crippen LogP) is 2.06. The van der Waals surface area contributed by atoms with Crippen molar-refractivity contribution in [1.82, 2.24) is 5.32 Å². The van der Waals surface area contributed by atoms with E-state index in [2.05, 4.69) is 5.32 Å². The fourth-order valence-corrected chi connectivity index (χ4v) is 3.34. The molecule has 17 heavy (non-hydrogen) atoms. The molecule has 2 rings (SSSR count). The van der Waals surface area contributed by atoms with Crippen LogP contribution in [0.1, 0.15) is 46.5 Å². The number of amides is 1. The minimum Gasteiger partial charge on any atom is -0.444 e. The Bertz CT molecular complexity index is 310. The molecule has 3 atom stereocenters. The summed E-state index contributed by atoms with van der Waals surface area (Å²) in [6.45, 7) is 5.56. The molecular weight excluding hydrogens is 218 g/mol. The minimum atomic E-state index is -0.488. The van der Waals surface area contributed by atoms with Crippen LogP contribution in [-0.4, -0.2) is 28.9 Å². The van der Waals surface area contributed by atoms with E-state index in [1.807, 2.05) is 20.8 Å². The second-order valence-corrected chi connectivity index (χ2v) is 6.52. The van der Waals surface area contributed by atoms with E-state index in [1.54, 1.807) is 0 Å². The maximum absolute atomic E-state index is 11.8. The minimum absolute atomic E-state index is 0.0212. The van der Waals surface area contributed by atoms with Gasteiger partial charge in [-0.3, -0.25) is 0 Å². The average molecular weight is 241 g/mol. The molecule has 0 spiro atoms. The van der Waals surface area contributed by atoms with Crippen LogP contribution in [0, 0.1) is 11.8 Å². The standard InChI is InChI=1S/C13H23NO3/c1-12(2,3)17-11(16)14-13(8-15)7-9-4-5-10(13)6-9/h9-10,15H,4-8H2,1-3H3,(H,14,16). The van der Waals surface area contributed by atoms with E-state index in [9.17, 15) is 9.90 Å². The molecule has 2 aliphatic rings. The monoisotopic (exact) mass is 241 g/mol. The van der Waals surface area contributed by atoms with Crippen LogP contribution in [0.5, 0.6) is 0 Å². The summed E-state index contributed by atoms with van der Waals surface area (Å²) in [6.07, 6.45) is 3.98. The van der Waals surface area contributed by atoms with E-state index in [0.717, 1.165) is 19.3 Å². The van der Waals surface area contributed by atoms with Crippen LogP contribution >= 0.6 is 0 Å². The van der Waals surface area contributed by atoms with Crippen molar-refractivity contribution in [2.45, 2.75) is 57.6 Å². The van der Waals surface area contributed by atoms with Gasteiger partial charge in [0.2, 0.25) is 0 Å². The van der Waals surface area contributed by atoms with Gasteiger partial charge in [0.25, 0.3) is 0 Å². The molecule has 0 aliphatic heterocycles. The summed E-state index contributed by atoms with van der Waals surface area (Å²) < 4.78 is 5.27. The van der Waals surface area contributed by atoms with Crippen LogP contribution in [0.4, 0.5) is 4.79 Å². The molecule has 4 heteroatoms. The zero-order chi connectivity index (χ0) is 12.7. The molecule has 2 fully saturated rings. The Morgan fingerprint density at radius 1 is 1.47 bits per heavy atom. The molecule has 3 unspecified atom stereocenters. The lowest BCUT2D eigenvalue weighted by Crippen LogP contribution is -2.55. The number of nitrogens with one attached hydrogen (secondary N) is 1. The first-order chi connectivity index (χ1) is 7.85. The summed E-state index contributed by atoms with van der Waals surface area (Å²) in [5.41, 5.74) is -0.913. The molecule has 2 saturated carbocycles. The van der Waals surface area contributed by atoms with Gasteiger partial charge in [-0.25, -0.2) is 4.79 Å². The number of carbonyl (C=O) groups excluding carboxylic acids is 1. The van der Waals surface area contributed by atoms with Gasteiger partial charge in [-0.05, 0) is 58.3 Å². The maximum atomic E-state index is 11.8. The maximum Gasteiger partial charge on any atom is 0.408 e. The van der Waals surface area contributed by atoms with Crippen LogP contribution in [0.2, 0.25) is 0 Å². The van der Waals surface area contributed by atoms with E-state index in [-0.39, 0.29) is 6.61 Å². The van der Waals surface area contributed by atoms with Crippen molar-refractivity contribution in [2.75, 3.05) is 6.61 Å². The molecule has 0 aromatic carbocycles. The molecule has 4 nitrogen and oxygen atoms in total. The Labute approximate surface area is 103 Å². The normalized spacial score (nSPS) is 36.0. The Kier molecular flexibility index (Phi) is 3.10. The molecule has 0 saturated heterocycles. The summed E-state index contributed by atoms with van der Waals surface area (Å²) in [5, 5.41) is 12.5. The number of aliphatic hydroxyl groups is 1. The van der Waals surface area contributed by atoms with Crippen molar-refractivity contribution in [1.29, 1.82) is 0 Å². The van der Waals surface area contributed by atoms with Gasteiger partial charge in [-0.15, -0.1) is 0 Å². The first-order valence-electron chi connectivity index (χ1n) is 6.47. The summed E-state index contributed by atoms with van der Waals surface area (Å²) in [5.74, 6) is 1.09. The molecule has 2 N–H and O–H groups in total. The average Bonchev–Trinajstić information content (AvgIpc) is 2.74. The fourth-order valence-electron chi connectivity index (χ4n) is 3.34. The third-order valence-electron chi connectivity index (χ3n) is 4.01. The van der Waals surface area contributed by atoms with Gasteiger partial charge < -0.3 is 15.2 Å². The molecule has 1 amide bonds. The quantitative estimate of drug-likeness (QED) is 0.778. The number of carbonyl (C=O) groups is 1. The molecule has 0 radical (unpaired) electrons. The lowest BCUT2D eigenvalue weighted by molar-refractivity contribution is 0.0311. The molecule has 0 aromatic rings. The first-order valence-corrected chi connectivity index (χ1v) is 6.47. The Morgan fingerprint density at radius 3 is 2.59 bits per heavy atom. The van der Waals surface area contributed by atoms with Crippen molar-refractivity contribution in [3.63, 3.8) is 0 Å². The number of hydrogen-bond donors (Lipinski definition) is 2. The Balaban J connectivity index is 1.99. The highest BCUT2D eigenvalue weighted by atomic mass is 16.6. The van der Waals surface area contributed by atoms with Crippen LogP contribution in [-0.2, 0) is 4.74 Å². The highest BCUT2D eigenvalue weighted by Crippen LogP contribution is 2.50. The summed E-state index contributed by atoms with van der Waals surface area (Å²) in [4.78, 5) is 11.8. The SMILES string of the molecule is CC(C)(C)OC(=O)NC1(CO)CC2CCC1C2. The molecule has 0 aromatic heterocycles. The second kappa shape index (κ2) is 4.16. The van der Waals surface area contributed by atoms with Crippen molar-refractivity contribution >= 4 is 6.09 Å². The van der Waals surface area contributed by atoms with Gasteiger partial charge in [0.05, 0.1) is 12.1 Å². The summed E-state index contributed by atoms with van der Waals surface area (Å²) >= 11 is 0. The second-order valence-electron chi connectivity index (χ2n) is 6.52. The zero-order valence-electron chi connectivity index (χ0n) is 11.0. The van der Waals surface area contributed by atoms with Gasteiger partial charge in [0, 0.05) is 0 Å². The third-order valence-corrected chi connectivity index (χ3v) is 4.01. The number of hydrogen-bond acceptors (Lipinski definition) is 3. The molecular formula is C13H23NO3. The highest BCUT2D eigenvalue weighted by molar-refractivity contribution is 5.69. The van der Waals surface area contributed by atoms with Crippen molar-refractivity contribution in [2.24, 2.45) is 11.8 Å². The van der Waals surface area contributed by atoms with Crippen LogP contribution in [0.3, 0.4) is 0 Å². The van der Waals surface area contributed by atoms with E-state index < -0.39 is 17.2 Å². The van der Waals surface area contributed by atoms with E-state index >= 15 is 0 Å². The summed E-state index contributed by atoms with van der Waals surface area (Å²) in [6, 6.07) is 0. The largest absolute Gasteiger partial charge is 0.444 e. The highest BCUT2D eigenvalue weighted by Gasteiger charge is 2.51. The van der Waals surface area contributed by atoms with Gasteiger partial charge in [-0.1, -0.05) is 0 Å². The van der Waals surface area contributed by atoms with Gasteiger partial charge >= 0.3 is 6.09 Å². The van der Waals surface area contributed by atoms with E-state index in [0.29, 0.717) is 11.8 Å². The van der Waals surface area contributed by atoms with Gasteiger partial charge in [0.15, 0.2) is 0 Å². The molecule has 98 valence electrons. The Morgan fingerprint density at radius 2 is 2.18 bits per heavy atom. The summed E-state index contributed by atoms with van der Waals surface area (Å²) in [7, 11) is 0. The predicted molar refractivity (Wildman–Crippen MR) is 64.6 cm³/mol. The fraction of sp³-hybridized carbons (Fsp3) is 0.923. The number of ether oxygens (including phenoxy) is 1. The lowest BCUT2D eigenvalue weighted by Gasteiger charge is -2.37. The van der Waals surface area contributed by atoms with Crippen molar-refractivity contribution in [3.05, 3.63) is 0 Å². The van der Waals surface area contributed by atoms with Crippen LogP contribution in [0.25, 0.3) is 0 Å². The van der Waals surface area contributed by atoms with Gasteiger partial charge in [0.1, 0.15) is 5.60 Å². The topological polar surface area (TPSA) is 58.6 Å².